The van der Waals surface area contributed by atoms with Crippen molar-refractivity contribution in [1.82, 2.24) is 9.80 Å². The van der Waals surface area contributed by atoms with Crippen LogP contribution in [0.25, 0.3) is 0 Å². The standard InChI is InChI=1S/C12H24N2O.C9H12F2.C2H6.CH4/c1-13-6-2-11(3-7-13)10-14-8-4-12(15)5-9-14;1-7(9(10)11)5-6-8-3-2-4-8;1-2;/h11-12,15H,2-10H2,1H3;7-9H,2-4H2,1H3;1-2H3;1H4. The maximum Gasteiger partial charge on any atom is 0.251 e. The quantitative estimate of drug-likeness (QED) is 0.646. The van der Waals surface area contributed by atoms with Gasteiger partial charge >= 0.3 is 0 Å². The monoisotopic (exact) mass is 416 g/mol. The summed E-state index contributed by atoms with van der Waals surface area (Å²) >= 11 is 0. The first-order valence-electron chi connectivity index (χ1n) is 11.3. The van der Waals surface area contributed by atoms with E-state index < -0.39 is 12.3 Å². The molecule has 3 rings (SSSR count). The number of hydrogen-bond donors (Lipinski definition) is 1. The van der Waals surface area contributed by atoms with E-state index in [9.17, 15) is 13.9 Å². The van der Waals surface area contributed by atoms with Gasteiger partial charge in [-0.1, -0.05) is 39.5 Å². The number of halogens is 2. The lowest BCUT2D eigenvalue weighted by Gasteiger charge is -2.35. The van der Waals surface area contributed by atoms with Crippen LogP contribution < -0.4 is 0 Å². The van der Waals surface area contributed by atoms with Crippen LogP contribution in [-0.4, -0.2) is 67.2 Å². The molecule has 0 bridgehead atoms. The Balaban J connectivity index is 0.000000501. The lowest BCUT2D eigenvalue weighted by molar-refractivity contribution is 0.0670. The maximum atomic E-state index is 11.9. The Morgan fingerprint density at radius 3 is 1.97 bits per heavy atom. The summed E-state index contributed by atoms with van der Waals surface area (Å²) in [6.45, 7) is 11.5. The molecule has 1 aliphatic carbocycles. The zero-order chi connectivity index (χ0) is 20.9. The molecule has 3 nitrogen and oxygen atoms in total. The molecule has 0 aromatic heterocycles. The van der Waals surface area contributed by atoms with Crippen LogP contribution in [0.3, 0.4) is 0 Å². The van der Waals surface area contributed by atoms with Gasteiger partial charge in [0.25, 0.3) is 6.43 Å². The van der Waals surface area contributed by atoms with E-state index >= 15 is 0 Å². The second-order valence-electron chi connectivity index (χ2n) is 8.32. The Morgan fingerprint density at radius 1 is 0.966 bits per heavy atom. The summed E-state index contributed by atoms with van der Waals surface area (Å²) in [5, 5.41) is 9.43. The third-order valence-electron chi connectivity index (χ3n) is 5.91. The van der Waals surface area contributed by atoms with Crippen molar-refractivity contribution in [3.05, 3.63) is 0 Å². The van der Waals surface area contributed by atoms with Gasteiger partial charge < -0.3 is 14.9 Å². The fourth-order valence-electron chi connectivity index (χ4n) is 3.58. The van der Waals surface area contributed by atoms with Crippen molar-refractivity contribution in [3.63, 3.8) is 0 Å². The number of alkyl halides is 2. The molecule has 0 spiro atoms. The van der Waals surface area contributed by atoms with Gasteiger partial charge in [-0.05, 0) is 71.5 Å². The zero-order valence-electron chi connectivity index (χ0n) is 18.5. The van der Waals surface area contributed by atoms with Crippen molar-refractivity contribution in [3.8, 4) is 11.8 Å². The van der Waals surface area contributed by atoms with Gasteiger partial charge in [0.1, 0.15) is 0 Å². The van der Waals surface area contributed by atoms with Crippen LogP contribution in [0.2, 0.25) is 0 Å². The largest absolute Gasteiger partial charge is 0.393 e. The average molecular weight is 417 g/mol. The second-order valence-corrected chi connectivity index (χ2v) is 8.32. The van der Waals surface area contributed by atoms with Gasteiger partial charge in [-0.2, -0.15) is 0 Å². The predicted molar refractivity (Wildman–Crippen MR) is 120 cm³/mol. The molecule has 3 fully saturated rings. The molecule has 172 valence electrons. The fourth-order valence-corrected chi connectivity index (χ4v) is 3.58. The van der Waals surface area contributed by atoms with E-state index in [2.05, 4.69) is 28.7 Å². The molecule has 1 unspecified atom stereocenters. The summed E-state index contributed by atoms with van der Waals surface area (Å²) in [5.74, 6) is 6.01. The molecule has 3 aliphatic rings. The number of aliphatic hydroxyl groups excluding tert-OH is 1. The molecule has 0 aromatic carbocycles. The van der Waals surface area contributed by atoms with E-state index in [1.54, 1.807) is 0 Å². The molecule has 1 saturated carbocycles. The molecule has 0 radical (unpaired) electrons. The normalized spacial score (nSPS) is 22.6. The summed E-state index contributed by atoms with van der Waals surface area (Å²) in [6, 6.07) is 0. The molecular weight excluding hydrogens is 370 g/mol. The van der Waals surface area contributed by atoms with Gasteiger partial charge in [-0.3, -0.25) is 0 Å². The van der Waals surface area contributed by atoms with Crippen LogP contribution in [0, 0.1) is 29.6 Å². The van der Waals surface area contributed by atoms with Crippen LogP contribution in [0.1, 0.15) is 73.1 Å². The van der Waals surface area contributed by atoms with Crippen LogP contribution in [0.5, 0.6) is 0 Å². The average Bonchev–Trinajstić information content (AvgIpc) is 2.66. The van der Waals surface area contributed by atoms with E-state index in [1.807, 2.05) is 13.8 Å². The SMILES string of the molecule is C.CC.CC(C#CC1CCC1)C(F)F.CN1CCC(CN2CCC(O)CC2)CC1. The Kier molecular flexibility index (Phi) is 15.7. The molecule has 2 saturated heterocycles. The highest BCUT2D eigenvalue weighted by Crippen LogP contribution is 2.25. The maximum absolute atomic E-state index is 11.9. The van der Waals surface area contributed by atoms with Gasteiger partial charge in [0.2, 0.25) is 0 Å². The summed E-state index contributed by atoms with van der Waals surface area (Å²) in [7, 11) is 2.22. The van der Waals surface area contributed by atoms with Gasteiger partial charge in [0.15, 0.2) is 0 Å². The Bertz CT molecular complexity index is 424. The molecule has 29 heavy (non-hydrogen) atoms. The molecule has 2 aliphatic heterocycles. The molecule has 2 heterocycles. The smallest absolute Gasteiger partial charge is 0.251 e. The van der Waals surface area contributed by atoms with Crippen LogP contribution in [0.4, 0.5) is 8.78 Å². The van der Waals surface area contributed by atoms with Gasteiger partial charge in [0.05, 0.1) is 12.0 Å². The number of piperidine rings is 2. The Hall–Kier alpha value is -0.700. The number of hydrogen-bond acceptors (Lipinski definition) is 3. The molecule has 1 N–H and O–H groups in total. The zero-order valence-corrected chi connectivity index (χ0v) is 18.5. The van der Waals surface area contributed by atoms with Crippen molar-refractivity contribution >= 4 is 0 Å². The first-order valence-corrected chi connectivity index (χ1v) is 11.3. The summed E-state index contributed by atoms with van der Waals surface area (Å²) in [4.78, 5) is 4.97. The Labute approximate surface area is 179 Å². The fraction of sp³-hybridized carbons (Fsp3) is 0.917. The van der Waals surface area contributed by atoms with Gasteiger partial charge in [-0.25, -0.2) is 8.78 Å². The Morgan fingerprint density at radius 2 is 1.52 bits per heavy atom. The van der Waals surface area contributed by atoms with Crippen molar-refractivity contribution in [2.24, 2.45) is 17.8 Å². The van der Waals surface area contributed by atoms with E-state index in [0.29, 0.717) is 5.92 Å². The molecule has 0 aromatic rings. The first kappa shape index (κ1) is 28.3. The van der Waals surface area contributed by atoms with E-state index in [4.69, 9.17) is 0 Å². The van der Waals surface area contributed by atoms with Gasteiger partial charge in [0, 0.05) is 25.6 Å². The van der Waals surface area contributed by atoms with E-state index in [-0.39, 0.29) is 13.5 Å². The molecular formula is C24H46F2N2O. The number of aliphatic hydroxyl groups is 1. The highest BCUT2D eigenvalue weighted by Gasteiger charge is 2.22. The van der Waals surface area contributed by atoms with Crippen molar-refractivity contribution in [1.29, 1.82) is 0 Å². The second kappa shape index (κ2) is 16.1. The van der Waals surface area contributed by atoms with Crippen molar-refractivity contribution in [2.45, 2.75) is 85.7 Å². The number of likely N-dealkylation sites (tertiary alicyclic amines) is 2. The molecule has 1 atom stereocenters. The van der Waals surface area contributed by atoms with E-state index in [0.717, 1.165) is 44.7 Å². The lowest BCUT2D eigenvalue weighted by atomic mass is 9.86. The van der Waals surface area contributed by atoms with Gasteiger partial charge in [-0.15, -0.1) is 0 Å². The minimum absolute atomic E-state index is 0. The van der Waals surface area contributed by atoms with Crippen molar-refractivity contribution < 1.29 is 13.9 Å². The van der Waals surface area contributed by atoms with Crippen LogP contribution in [-0.2, 0) is 0 Å². The highest BCUT2D eigenvalue weighted by molar-refractivity contribution is 5.09. The first-order chi connectivity index (χ1) is 13.4. The molecule has 5 heteroatoms. The lowest BCUT2D eigenvalue weighted by Crippen LogP contribution is -2.41. The number of rotatable bonds is 3. The predicted octanol–water partition coefficient (Wildman–Crippen LogP) is 5.14. The minimum atomic E-state index is -2.29. The molecule has 0 amide bonds. The summed E-state index contributed by atoms with van der Waals surface area (Å²) in [6.07, 6.45) is 5.76. The topological polar surface area (TPSA) is 26.7 Å². The van der Waals surface area contributed by atoms with Crippen LogP contribution in [0.15, 0.2) is 0 Å². The third kappa shape index (κ3) is 11.9. The minimum Gasteiger partial charge on any atom is -0.393 e. The van der Waals surface area contributed by atoms with E-state index in [1.165, 1.54) is 45.8 Å². The summed E-state index contributed by atoms with van der Waals surface area (Å²) in [5.41, 5.74) is 0. The van der Waals surface area contributed by atoms with Crippen LogP contribution >= 0.6 is 0 Å². The third-order valence-corrected chi connectivity index (χ3v) is 5.91. The van der Waals surface area contributed by atoms with Crippen molar-refractivity contribution in [2.75, 3.05) is 39.8 Å². The highest BCUT2D eigenvalue weighted by atomic mass is 19.3. The number of nitrogens with zero attached hydrogens (tertiary/aromatic N) is 2. The summed E-state index contributed by atoms with van der Waals surface area (Å²) < 4.78 is 23.8.